The van der Waals surface area contributed by atoms with Crippen LogP contribution in [-0.4, -0.2) is 60.6 Å². The van der Waals surface area contributed by atoms with E-state index in [1.54, 1.807) is 0 Å². The number of hydrogen-bond acceptors (Lipinski definition) is 3. The summed E-state index contributed by atoms with van der Waals surface area (Å²) in [6.45, 7) is 4.79. The Balaban J connectivity index is 1.36. The number of likely N-dealkylation sites (tertiary alicyclic amines) is 1. The topological polar surface area (TPSA) is 32.8 Å². The first kappa shape index (κ1) is 15.2. The molecular weight excluding hydrogens is 288 g/mol. The molecule has 0 radical (unpaired) electrons. The summed E-state index contributed by atoms with van der Waals surface area (Å²) < 4.78 is 5.53. The Morgan fingerprint density at radius 2 is 1.74 bits per heavy atom. The lowest BCUT2D eigenvalue weighted by molar-refractivity contribution is -0.0267. The summed E-state index contributed by atoms with van der Waals surface area (Å²) in [7, 11) is 0. The number of nitrogens with zero attached hydrogens (tertiary/aromatic N) is 2. The lowest BCUT2D eigenvalue weighted by Gasteiger charge is -2.49. The molecule has 0 bridgehead atoms. The van der Waals surface area contributed by atoms with Gasteiger partial charge in [-0.2, -0.15) is 0 Å². The lowest BCUT2D eigenvalue weighted by atomic mass is 9.98. The Labute approximate surface area is 138 Å². The maximum atomic E-state index is 12.5. The van der Waals surface area contributed by atoms with E-state index in [-0.39, 0.29) is 5.91 Å². The molecule has 3 fully saturated rings. The van der Waals surface area contributed by atoms with Crippen LogP contribution in [0.5, 0.6) is 0 Å². The molecule has 124 valence electrons. The molecule has 2 aliphatic heterocycles. The van der Waals surface area contributed by atoms with Crippen molar-refractivity contribution in [3.63, 3.8) is 0 Å². The van der Waals surface area contributed by atoms with Crippen LogP contribution in [0.15, 0.2) is 30.3 Å². The van der Waals surface area contributed by atoms with Crippen LogP contribution in [0.1, 0.15) is 36.0 Å². The van der Waals surface area contributed by atoms with Crippen LogP contribution in [-0.2, 0) is 4.74 Å². The first-order valence-electron chi connectivity index (χ1n) is 8.99. The first-order chi connectivity index (χ1) is 11.3. The molecule has 4 nitrogen and oxygen atoms in total. The monoisotopic (exact) mass is 314 g/mol. The molecule has 1 aromatic carbocycles. The van der Waals surface area contributed by atoms with Crippen molar-refractivity contribution in [1.29, 1.82) is 0 Å². The molecule has 3 aliphatic rings. The van der Waals surface area contributed by atoms with Gasteiger partial charge in [-0.25, -0.2) is 0 Å². The van der Waals surface area contributed by atoms with Gasteiger partial charge in [0.25, 0.3) is 5.91 Å². The van der Waals surface area contributed by atoms with Crippen LogP contribution < -0.4 is 0 Å². The van der Waals surface area contributed by atoms with Crippen molar-refractivity contribution in [3.8, 4) is 0 Å². The van der Waals surface area contributed by atoms with Gasteiger partial charge in [-0.1, -0.05) is 18.2 Å². The second kappa shape index (κ2) is 6.62. The number of hydrogen-bond donors (Lipinski definition) is 0. The predicted molar refractivity (Wildman–Crippen MR) is 89.4 cm³/mol. The highest BCUT2D eigenvalue weighted by atomic mass is 16.5. The molecule has 4 rings (SSSR count). The molecule has 0 unspecified atom stereocenters. The number of benzene rings is 1. The van der Waals surface area contributed by atoms with Gasteiger partial charge < -0.3 is 9.64 Å². The quantitative estimate of drug-likeness (QED) is 0.837. The molecular formula is C19H26N2O2. The summed E-state index contributed by atoms with van der Waals surface area (Å²) in [5.74, 6) is 1.08. The average Bonchev–Trinajstić information content (AvgIpc) is 3.38. The molecule has 0 aromatic heterocycles. The second-order valence-electron chi connectivity index (χ2n) is 7.21. The van der Waals surface area contributed by atoms with Crippen molar-refractivity contribution in [3.05, 3.63) is 35.9 Å². The van der Waals surface area contributed by atoms with Crippen LogP contribution >= 0.6 is 0 Å². The highest BCUT2D eigenvalue weighted by Crippen LogP contribution is 2.34. The van der Waals surface area contributed by atoms with Gasteiger partial charge in [-0.3, -0.25) is 9.69 Å². The van der Waals surface area contributed by atoms with E-state index < -0.39 is 0 Å². The van der Waals surface area contributed by atoms with E-state index in [1.165, 1.54) is 19.4 Å². The molecule has 4 heteroatoms. The summed E-state index contributed by atoms with van der Waals surface area (Å²) in [6.07, 6.45) is 5.07. The van der Waals surface area contributed by atoms with E-state index in [4.69, 9.17) is 4.74 Å². The molecule has 23 heavy (non-hydrogen) atoms. The van der Waals surface area contributed by atoms with Crippen molar-refractivity contribution >= 4 is 5.91 Å². The number of carbonyl (C=O) groups excluding carboxylic acids is 1. The van der Waals surface area contributed by atoms with Gasteiger partial charge in [0.2, 0.25) is 0 Å². The van der Waals surface area contributed by atoms with Gasteiger partial charge >= 0.3 is 0 Å². The summed E-state index contributed by atoms with van der Waals surface area (Å²) >= 11 is 0. The third-order valence-corrected chi connectivity index (χ3v) is 5.47. The van der Waals surface area contributed by atoms with Gasteiger partial charge in [0, 0.05) is 50.5 Å². The largest absolute Gasteiger partial charge is 0.381 e. The van der Waals surface area contributed by atoms with Gasteiger partial charge in [0.1, 0.15) is 0 Å². The summed E-state index contributed by atoms with van der Waals surface area (Å²) in [6, 6.07) is 10.9. The number of rotatable bonds is 5. The lowest BCUT2D eigenvalue weighted by Crippen LogP contribution is -2.63. The Morgan fingerprint density at radius 3 is 2.39 bits per heavy atom. The highest BCUT2D eigenvalue weighted by molar-refractivity contribution is 5.94. The Kier molecular flexibility index (Phi) is 4.36. The van der Waals surface area contributed by atoms with Crippen molar-refractivity contribution < 1.29 is 9.53 Å². The molecule has 2 saturated heterocycles. The zero-order valence-corrected chi connectivity index (χ0v) is 13.7. The SMILES string of the molecule is O=C(c1ccccc1)N1CC(N(CC2CC2)C2CCOCC2)C1. The highest BCUT2D eigenvalue weighted by Gasteiger charge is 2.40. The fourth-order valence-electron chi connectivity index (χ4n) is 3.81. The number of amides is 1. The Morgan fingerprint density at radius 1 is 1.04 bits per heavy atom. The minimum atomic E-state index is 0.181. The van der Waals surface area contributed by atoms with Crippen LogP contribution in [0, 0.1) is 5.92 Å². The van der Waals surface area contributed by atoms with E-state index in [1.807, 2.05) is 35.2 Å². The van der Waals surface area contributed by atoms with E-state index >= 15 is 0 Å². The summed E-state index contributed by atoms with van der Waals surface area (Å²) in [5.41, 5.74) is 0.811. The van der Waals surface area contributed by atoms with Crippen LogP contribution in [0.2, 0.25) is 0 Å². The van der Waals surface area contributed by atoms with E-state index in [2.05, 4.69) is 4.90 Å². The smallest absolute Gasteiger partial charge is 0.253 e. The molecule has 1 amide bonds. The van der Waals surface area contributed by atoms with Crippen molar-refractivity contribution in [2.75, 3.05) is 32.8 Å². The van der Waals surface area contributed by atoms with Crippen LogP contribution in [0.3, 0.4) is 0 Å². The molecule has 2 heterocycles. The van der Waals surface area contributed by atoms with Gasteiger partial charge in [0.15, 0.2) is 0 Å². The van der Waals surface area contributed by atoms with Crippen LogP contribution in [0.4, 0.5) is 0 Å². The molecule has 0 N–H and O–H groups in total. The second-order valence-corrected chi connectivity index (χ2v) is 7.21. The number of carbonyl (C=O) groups is 1. The van der Waals surface area contributed by atoms with E-state index in [9.17, 15) is 4.79 Å². The molecule has 0 atom stereocenters. The normalized spacial score (nSPS) is 23.1. The minimum absolute atomic E-state index is 0.181. The van der Waals surface area contributed by atoms with Crippen LogP contribution in [0.25, 0.3) is 0 Å². The molecule has 1 saturated carbocycles. The maximum absolute atomic E-state index is 12.5. The molecule has 1 aromatic rings. The molecule has 1 aliphatic carbocycles. The van der Waals surface area contributed by atoms with Crippen molar-refractivity contribution in [2.24, 2.45) is 5.92 Å². The standard InChI is InChI=1S/C19H26N2O2/c22-19(16-4-2-1-3-5-16)20-13-18(14-20)21(12-15-6-7-15)17-8-10-23-11-9-17/h1-5,15,17-18H,6-14H2. The van der Waals surface area contributed by atoms with E-state index in [0.29, 0.717) is 12.1 Å². The Bertz CT molecular complexity index is 532. The first-order valence-corrected chi connectivity index (χ1v) is 8.99. The van der Waals surface area contributed by atoms with E-state index in [0.717, 1.165) is 50.6 Å². The third-order valence-electron chi connectivity index (χ3n) is 5.47. The van der Waals surface area contributed by atoms with Crippen molar-refractivity contribution in [2.45, 2.75) is 37.8 Å². The zero-order chi connectivity index (χ0) is 15.6. The fraction of sp³-hybridized carbons (Fsp3) is 0.632. The number of ether oxygens (including phenoxy) is 1. The zero-order valence-electron chi connectivity index (χ0n) is 13.7. The van der Waals surface area contributed by atoms with Gasteiger partial charge in [-0.15, -0.1) is 0 Å². The predicted octanol–water partition coefficient (Wildman–Crippen LogP) is 2.40. The average molecular weight is 314 g/mol. The maximum Gasteiger partial charge on any atom is 0.253 e. The van der Waals surface area contributed by atoms with Crippen molar-refractivity contribution in [1.82, 2.24) is 9.80 Å². The minimum Gasteiger partial charge on any atom is -0.381 e. The summed E-state index contributed by atoms with van der Waals surface area (Å²) in [4.78, 5) is 17.2. The third kappa shape index (κ3) is 3.43. The van der Waals surface area contributed by atoms with Gasteiger partial charge in [-0.05, 0) is 43.7 Å². The van der Waals surface area contributed by atoms with Gasteiger partial charge in [0.05, 0.1) is 0 Å². The summed E-state index contributed by atoms with van der Waals surface area (Å²) in [5, 5.41) is 0. The fourth-order valence-corrected chi connectivity index (χ4v) is 3.81. The molecule has 0 spiro atoms. The Hall–Kier alpha value is -1.39.